The molecule has 1 aliphatic rings. The number of anilines is 1. The third kappa shape index (κ3) is 2.50. The van der Waals surface area contributed by atoms with E-state index in [9.17, 15) is 0 Å². The van der Waals surface area contributed by atoms with Crippen molar-refractivity contribution in [1.82, 2.24) is 9.38 Å². The van der Waals surface area contributed by atoms with Crippen LogP contribution in [0.4, 0.5) is 5.82 Å². The maximum atomic E-state index is 4.83. The van der Waals surface area contributed by atoms with Crippen molar-refractivity contribution in [3.63, 3.8) is 0 Å². The van der Waals surface area contributed by atoms with Gasteiger partial charge in [-0.3, -0.25) is 4.40 Å². The summed E-state index contributed by atoms with van der Waals surface area (Å²) in [5, 5.41) is 2.95. The minimum atomic E-state index is 0.518. The van der Waals surface area contributed by atoms with Crippen LogP contribution in [0.5, 0.6) is 0 Å². The van der Waals surface area contributed by atoms with Crippen molar-refractivity contribution in [2.24, 2.45) is 5.41 Å². The van der Waals surface area contributed by atoms with Crippen molar-refractivity contribution in [1.29, 1.82) is 0 Å². The maximum Gasteiger partial charge on any atom is 0.195 e. The van der Waals surface area contributed by atoms with E-state index in [0.717, 1.165) is 16.1 Å². The summed E-state index contributed by atoms with van der Waals surface area (Å²) in [4.78, 5) is 8.34. The molecular weight excluding hydrogens is 334 g/mol. The van der Waals surface area contributed by atoms with Crippen LogP contribution < -0.4 is 4.90 Å². The zero-order valence-corrected chi connectivity index (χ0v) is 14.8. The maximum absolute atomic E-state index is 4.83. The first-order valence-electron chi connectivity index (χ1n) is 7.25. The summed E-state index contributed by atoms with van der Waals surface area (Å²) in [6, 6.07) is 0.630. The second kappa shape index (κ2) is 5.34. The van der Waals surface area contributed by atoms with Gasteiger partial charge in [-0.1, -0.05) is 29.8 Å². The van der Waals surface area contributed by atoms with Gasteiger partial charge in [0.2, 0.25) is 0 Å². The molecule has 0 bridgehead atoms. The lowest BCUT2D eigenvalue weighted by Crippen LogP contribution is -2.37. The zero-order chi connectivity index (χ0) is 14.3. The number of halogens is 1. The zero-order valence-electron chi connectivity index (χ0n) is 12.4. The lowest BCUT2D eigenvalue weighted by molar-refractivity contribution is 0.222. The van der Waals surface area contributed by atoms with Gasteiger partial charge in [-0.15, -0.1) is 11.3 Å². The Kier molecular flexibility index (Phi) is 3.84. The molecule has 110 valence electrons. The summed E-state index contributed by atoms with van der Waals surface area (Å²) in [6.45, 7) is 4.78. The predicted molar refractivity (Wildman–Crippen MR) is 90.1 cm³/mol. The van der Waals surface area contributed by atoms with Crippen LogP contribution in [0.1, 0.15) is 45.2 Å². The van der Waals surface area contributed by atoms with Crippen LogP contribution in [0.25, 0.3) is 4.96 Å². The second-order valence-electron chi connectivity index (χ2n) is 6.58. The van der Waals surface area contributed by atoms with E-state index in [2.05, 4.69) is 57.7 Å². The molecule has 0 aliphatic heterocycles. The monoisotopic (exact) mass is 355 g/mol. The minimum Gasteiger partial charge on any atom is -0.355 e. The summed E-state index contributed by atoms with van der Waals surface area (Å²) in [5.74, 6) is 1.15. The molecule has 3 rings (SSSR count). The van der Waals surface area contributed by atoms with E-state index in [1.54, 1.807) is 11.3 Å². The number of fused-ring (bicyclic) bond motifs is 1. The third-order valence-electron chi connectivity index (χ3n) is 4.66. The Bertz CT molecular complexity index is 591. The Morgan fingerprint density at radius 2 is 2.15 bits per heavy atom. The summed E-state index contributed by atoms with van der Waals surface area (Å²) in [5.41, 5.74) is 1.79. The van der Waals surface area contributed by atoms with Crippen LogP contribution in [0.3, 0.4) is 0 Å². The molecule has 2 aromatic rings. The van der Waals surface area contributed by atoms with E-state index < -0.39 is 0 Å². The molecule has 0 atom stereocenters. The molecule has 20 heavy (non-hydrogen) atoms. The number of nitrogens with zero attached hydrogens (tertiary/aromatic N) is 3. The van der Waals surface area contributed by atoms with Crippen molar-refractivity contribution < 1.29 is 0 Å². The number of thiazole rings is 1. The predicted octanol–water partition coefficient (Wildman–Crippen LogP) is 4.70. The first-order chi connectivity index (χ1) is 9.52. The number of rotatable bonds is 3. The Hall–Kier alpha value is -0.550. The summed E-state index contributed by atoms with van der Waals surface area (Å²) in [6.07, 6.45) is 7.29. The van der Waals surface area contributed by atoms with Crippen LogP contribution in [0.2, 0.25) is 0 Å². The first-order valence-corrected chi connectivity index (χ1v) is 9.25. The topological polar surface area (TPSA) is 20.5 Å². The molecular formula is C15H22BrN3S. The van der Waals surface area contributed by atoms with Crippen LogP contribution in [0.15, 0.2) is 11.6 Å². The molecule has 0 spiro atoms. The van der Waals surface area contributed by atoms with Crippen LogP contribution in [-0.2, 0) is 5.33 Å². The Morgan fingerprint density at radius 1 is 1.45 bits per heavy atom. The highest BCUT2D eigenvalue weighted by atomic mass is 79.9. The van der Waals surface area contributed by atoms with E-state index in [0.29, 0.717) is 11.5 Å². The molecule has 0 amide bonds. The Balaban J connectivity index is 1.85. The van der Waals surface area contributed by atoms with E-state index >= 15 is 0 Å². The van der Waals surface area contributed by atoms with Crippen molar-refractivity contribution in [3.8, 4) is 0 Å². The fourth-order valence-electron chi connectivity index (χ4n) is 3.17. The lowest BCUT2D eigenvalue weighted by atomic mass is 9.75. The van der Waals surface area contributed by atoms with Gasteiger partial charge in [-0.25, -0.2) is 4.98 Å². The van der Waals surface area contributed by atoms with Crippen molar-refractivity contribution in [2.75, 3.05) is 11.9 Å². The fourth-order valence-corrected chi connectivity index (χ4v) is 4.42. The van der Waals surface area contributed by atoms with E-state index in [4.69, 9.17) is 4.98 Å². The molecule has 0 N–H and O–H groups in total. The van der Waals surface area contributed by atoms with Crippen LogP contribution >= 0.6 is 27.3 Å². The third-order valence-corrected chi connectivity index (χ3v) is 5.94. The number of hydrogen-bond acceptors (Lipinski definition) is 3. The SMILES string of the molecule is CN(c1nc2sccn2c1CBr)C1CCC(C)(C)CC1. The fraction of sp³-hybridized carbons (Fsp3) is 0.667. The van der Waals surface area contributed by atoms with Crippen LogP contribution in [-0.4, -0.2) is 22.5 Å². The van der Waals surface area contributed by atoms with Gasteiger partial charge in [-0.2, -0.15) is 0 Å². The average molecular weight is 356 g/mol. The second-order valence-corrected chi connectivity index (χ2v) is 8.01. The van der Waals surface area contributed by atoms with Crippen molar-refractivity contribution in [3.05, 3.63) is 17.3 Å². The van der Waals surface area contributed by atoms with E-state index in [1.807, 2.05) is 0 Å². The van der Waals surface area contributed by atoms with Gasteiger partial charge in [0, 0.05) is 30.0 Å². The van der Waals surface area contributed by atoms with Gasteiger partial charge in [0.1, 0.15) is 0 Å². The lowest BCUT2D eigenvalue weighted by Gasteiger charge is -2.39. The number of alkyl halides is 1. The summed E-state index contributed by atoms with van der Waals surface area (Å²) >= 11 is 5.33. The van der Waals surface area contributed by atoms with Crippen molar-refractivity contribution >= 4 is 38.0 Å². The smallest absolute Gasteiger partial charge is 0.195 e. The number of imidazole rings is 1. The van der Waals surface area contributed by atoms with E-state index in [1.165, 1.54) is 31.4 Å². The Morgan fingerprint density at radius 3 is 2.80 bits per heavy atom. The largest absolute Gasteiger partial charge is 0.355 e. The number of hydrogen-bond donors (Lipinski definition) is 0. The normalized spacial score (nSPS) is 19.6. The van der Waals surface area contributed by atoms with Gasteiger partial charge >= 0.3 is 0 Å². The van der Waals surface area contributed by atoms with Gasteiger partial charge in [-0.05, 0) is 31.1 Å². The molecule has 2 aromatic heterocycles. The molecule has 1 aliphatic carbocycles. The molecule has 5 heteroatoms. The molecule has 1 fully saturated rings. The average Bonchev–Trinajstić information content (AvgIpc) is 2.97. The molecule has 3 nitrogen and oxygen atoms in total. The first kappa shape index (κ1) is 14.4. The molecule has 0 aromatic carbocycles. The highest BCUT2D eigenvalue weighted by Crippen LogP contribution is 2.38. The molecule has 0 radical (unpaired) electrons. The van der Waals surface area contributed by atoms with Gasteiger partial charge in [0.15, 0.2) is 10.8 Å². The standard InChI is InChI=1S/C15H22BrN3S/c1-15(2)6-4-11(5-7-15)18(3)13-12(10-16)19-8-9-20-14(19)17-13/h8-9,11H,4-7,10H2,1-3H3. The summed E-state index contributed by atoms with van der Waals surface area (Å²) < 4.78 is 2.21. The highest BCUT2D eigenvalue weighted by molar-refractivity contribution is 9.08. The summed E-state index contributed by atoms with van der Waals surface area (Å²) in [7, 11) is 2.21. The molecule has 1 saturated carbocycles. The highest BCUT2D eigenvalue weighted by Gasteiger charge is 2.30. The Labute approximate surface area is 133 Å². The van der Waals surface area contributed by atoms with E-state index in [-0.39, 0.29) is 0 Å². The van der Waals surface area contributed by atoms with Gasteiger partial charge in [0.05, 0.1) is 5.69 Å². The minimum absolute atomic E-state index is 0.518. The van der Waals surface area contributed by atoms with Crippen LogP contribution in [0, 0.1) is 5.41 Å². The van der Waals surface area contributed by atoms with Gasteiger partial charge < -0.3 is 4.90 Å². The number of aromatic nitrogens is 2. The molecule has 2 heterocycles. The quantitative estimate of drug-likeness (QED) is 0.744. The molecule has 0 unspecified atom stereocenters. The van der Waals surface area contributed by atoms with Crippen molar-refractivity contribution in [2.45, 2.75) is 50.9 Å². The molecule has 0 saturated heterocycles. The van der Waals surface area contributed by atoms with Gasteiger partial charge in [0.25, 0.3) is 0 Å².